The third-order valence-corrected chi connectivity index (χ3v) is 2.62. The summed E-state index contributed by atoms with van der Waals surface area (Å²) in [6, 6.07) is -0.487. The van der Waals surface area contributed by atoms with Gasteiger partial charge in [-0.2, -0.15) is 0 Å². The number of carbonyl (C=O) groups excluding carboxylic acids is 1. The smallest absolute Gasteiger partial charge is 0.322 e. The second kappa shape index (κ2) is 4.61. The van der Waals surface area contributed by atoms with Gasteiger partial charge in [0.1, 0.15) is 12.1 Å². The summed E-state index contributed by atoms with van der Waals surface area (Å²) in [6.07, 6.45) is 4.45. The minimum atomic E-state index is -0.487. The zero-order valence-corrected chi connectivity index (χ0v) is 8.45. The highest BCUT2D eigenvalue weighted by molar-refractivity contribution is 5.75. The number of esters is 1. The molecule has 0 spiro atoms. The first-order valence-corrected chi connectivity index (χ1v) is 5.05. The summed E-state index contributed by atoms with van der Waals surface area (Å²) >= 11 is 0. The molecule has 0 aromatic carbocycles. The number of carbonyl (C=O) groups is 1. The van der Waals surface area contributed by atoms with Crippen LogP contribution in [0.2, 0.25) is 0 Å². The van der Waals surface area contributed by atoms with Gasteiger partial charge in [-0.25, -0.2) is 0 Å². The van der Waals surface area contributed by atoms with E-state index in [4.69, 9.17) is 10.5 Å². The predicted octanol–water partition coefficient (Wildman–Crippen LogP) is 1.46. The maximum Gasteiger partial charge on any atom is 0.322 e. The molecule has 2 N–H and O–H groups in total. The van der Waals surface area contributed by atoms with Crippen molar-refractivity contribution < 1.29 is 9.53 Å². The molecular weight excluding hydrogens is 166 g/mol. The average Bonchev–Trinajstić information content (AvgIpc) is 2.08. The summed E-state index contributed by atoms with van der Waals surface area (Å²) in [5.41, 5.74) is 5.41. The van der Waals surface area contributed by atoms with Crippen molar-refractivity contribution in [3.8, 4) is 0 Å². The van der Waals surface area contributed by atoms with Crippen molar-refractivity contribution in [1.82, 2.24) is 0 Å². The predicted molar refractivity (Wildman–Crippen MR) is 51.2 cm³/mol. The molecule has 3 nitrogen and oxygen atoms in total. The van der Waals surface area contributed by atoms with Crippen LogP contribution in [-0.2, 0) is 9.53 Å². The molecule has 76 valence electrons. The highest BCUT2D eigenvalue weighted by Crippen LogP contribution is 2.25. The van der Waals surface area contributed by atoms with Crippen molar-refractivity contribution in [3.63, 3.8) is 0 Å². The Morgan fingerprint density at radius 3 is 2.38 bits per heavy atom. The zero-order valence-electron chi connectivity index (χ0n) is 8.45. The summed E-state index contributed by atoms with van der Waals surface area (Å²) in [5, 5.41) is 0. The van der Waals surface area contributed by atoms with Crippen LogP contribution in [0.4, 0.5) is 0 Å². The fourth-order valence-electron chi connectivity index (χ4n) is 1.62. The Balaban J connectivity index is 2.26. The lowest BCUT2D eigenvalue weighted by Gasteiger charge is -2.26. The number of hydrogen-bond acceptors (Lipinski definition) is 3. The van der Waals surface area contributed by atoms with Crippen LogP contribution in [0.1, 0.15) is 39.5 Å². The van der Waals surface area contributed by atoms with Gasteiger partial charge >= 0.3 is 5.97 Å². The van der Waals surface area contributed by atoms with Crippen LogP contribution < -0.4 is 5.73 Å². The molecule has 0 aromatic rings. The highest BCUT2D eigenvalue weighted by Gasteiger charge is 2.22. The van der Waals surface area contributed by atoms with Crippen LogP contribution in [0.15, 0.2) is 0 Å². The Labute approximate surface area is 79.6 Å². The quantitative estimate of drug-likeness (QED) is 0.662. The zero-order chi connectivity index (χ0) is 9.84. The van der Waals surface area contributed by atoms with Crippen molar-refractivity contribution in [2.24, 2.45) is 11.7 Å². The number of rotatable bonds is 2. The fraction of sp³-hybridized carbons (Fsp3) is 0.900. The van der Waals surface area contributed by atoms with Crippen LogP contribution in [0.3, 0.4) is 0 Å². The molecule has 0 heterocycles. The van der Waals surface area contributed by atoms with Gasteiger partial charge in [-0.05, 0) is 38.5 Å². The Morgan fingerprint density at radius 2 is 1.92 bits per heavy atom. The minimum absolute atomic E-state index is 0.120. The van der Waals surface area contributed by atoms with E-state index in [0.717, 1.165) is 31.6 Å². The van der Waals surface area contributed by atoms with Crippen molar-refractivity contribution in [1.29, 1.82) is 0 Å². The fourth-order valence-corrected chi connectivity index (χ4v) is 1.62. The summed E-state index contributed by atoms with van der Waals surface area (Å²) in [5.74, 6) is 0.518. The van der Waals surface area contributed by atoms with Crippen molar-refractivity contribution in [2.75, 3.05) is 0 Å². The van der Waals surface area contributed by atoms with Crippen molar-refractivity contribution >= 4 is 5.97 Å². The molecule has 1 aliphatic carbocycles. The van der Waals surface area contributed by atoms with Gasteiger partial charge in [-0.3, -0.25) is 4.79 Å². The van der Waals surface area contributed by atoms with Gasteiger partial charge in [-0.1, -0.05) is 6.92 Å². The molecule has 1 rings (SSSR count). The van der Waals surface area contributed by atoms with Crippen molar-refractivity contribution in [3.05, 3.63) is 0 Å². The Bertz CT molecular complexity index is 172. The molecule has 1 fully saturated rings. The molecule has 0 aromatic heterocycles. The lowest BCUT2D eigenvalue weighted by atomic mass is 9.89. The van der Waals surface area contributed by atoms with Crippen molar-refractivity contribution in [2.45, 2.75) is 51.7 Å². The molecule has 1 unspecified atom stereocenters. The van der Waals surface area contributed by atoms with Gasteiger partial charge in [0.25, 0.3) is 0 Å². The van der Waals surface area contributed by atoms with E-state index in [-0.39, 0.29) is 12.1 Å². The minimum Gasteiger partial charge on any atom is -0.461 e. The maximum absolute atomic E-state index is 11.1. The number of ether oxygens (including phenoxy) is 1. The molecule has 0 amide bonds. The van der Waals surface area contributed by atoms with E-state index in [9.17, 15) is 4.79 Å². The third kappa shape index (κ3) is 3.35. The van der Waals surface area contributed by atoms with E-state index in [1.165, 1.54) is 0 Å². The first kappa shape index (κ1) is 10.5. The summed E-state index contributed by atoms with van der Waals surface area (Å²) in [4.78, 5) is 11.1. The van der Waals surface area contributed by atoms with Crippen LogP contribution in [0.5, 0.6) is 0 Å². The van der Waals surface area contributed by atoms with E-state index in [1.54, 1.807) is 6.92 Å². The van der Waals surface area contributed by atoms with Gasteiger partial charge in [0, 0.05) is 0 Å². The molecule has 0 saturated heterocycles. The molecule has 1 saturated carbocycles. The van der Waals surface area contributed by atoms with E-state index in [0.29, 0.717) is 0 Å². The lowest BCUT2D eigenvalue weighted by Crippen LogP contribution is -2.33. The van der Waals surface area contributed by atoms with E-state index < -0.39 is 6.04 Å². The van der Waals surface area contributed by atoms with E-state index >= 15 is 0 Å². The lowest BCUT2D eigenvalue weighted by molar-refractivity contribution is -0.152. The second-order valence-electron chi connectivity index (χ2n) is 4.11. The molecule has 3 heteroatoms. The Morgan fingerprint density at radius 1 is 1.38 bits per heavy atom. The SMILES string of the molecule is CC1CCC(OC(=O)C(C)N)CC1. The Kier molecular flexibility index (Phi) is 3.72. The van der Waals surface area contributed by atoms with Gasteiger partial charge in [0.2, 0.25) is 0 Å². The summed E-state index contributed by atoms with van der Waals surface area (Å²) < 4.78 is 5.24. The normalized spacial score (nSPS) is 31.0. The number of nitrogens with two attached hydrogens (primary N) is 1. The molecule has 0 aliphatic heterocycles. The van der Waals surface area contributed by atoms with E-state index in [2.05, 4.69) is 6.92 Å². The molecular formula is C10H19NO2. The monoisotopic (exact) mass is 185 g/mol. The molecule has 13 heavy (non-hydrogen) atoms. The summed E-state index contributed by atoms with van der Waals surface area (Å²) in [7, 11) is 0. The topological polar surface area (TPSA) is 52.3 Å². The van der Waals surface area contributed by atoms with Gasteiger partial charge in [0.15, 0.2) is 0 Å². The summed E-state index contributed by atoms with van der Waals surface area (Å²) in [6.45, 7) is 3.90. The third-order valence-electron chi connectivity index (χ3n) is 2.62. The van der Waals surface area contributed by atoms with Crippen LogP contribution in [-0.4, -0.2) is 18.1 Å². The average molecular weight is 185 g/mol. The largest absolute Gasteiger partial charge is 0.461 e. The molecule has 0 bridgehead atoms. The number of hydrogen-bond donors (Lipinski definition) is 1. The van der Waals surface area contributed by atoms with Crippen LogP contribution in [0.25, 0.3) is 0 Å². The van der Waals surface area contributed by atoms with Gasteiger partial charge in [-0.15, -0.1) is 0 Å². The maximum atomic E-state index is 11.1. The standard InChI is InChI=1S/C10H19NO2/c1-7-3-5-9(6-4-7)13-10(12)8(2)11/h7-9H,3-6,11H2,1-2H3. The first-order valence-electron chi connectivity index (χ1n) is 5.05. The molecule has 1 atom stereocenters. The molecule has 0 radical (unpaired) electrons. The van der Waals surface area contributed by atoms with Gasteiger partial charge < -0.3 is 10.5 Å². The molecule has 1 aliphatic rings. The highest BCUT2D eigenvalue weighted by atomic mass is 16.5. The first-order chi connectivity index (χ1) is 6.09. The Hall–Kier alpha value is -0.570. The second-order valence-corrected chi connectivity index (χ2v) is 4.11. The van der Waals surface area contributed by atoms with Crippen LogP contribution >= 0.6 is 0 Å². The van der Waals surface area contributed by atoms with Crippen LogP contribution in [0, 0.1) is 5.92 Å². The van der Waals surface area contributed by atoms with E-state index in [1.807, 2.05) is 0 Å². The van der Waals surface area contributed by atoms with Gasteiger partial charge in [0.05, 0.1) is 0 Å².